The number of hydrogen-bond donors (Lipinski definition) is 0. The number of anilines is 4. The molecular weight excluding hydrogens is 1610 g/mol. The van der Waals surface area contributed by atoms with Crippen LogP contribution in [0.15, 0.2) is 243 Å². The molecule has 0 fully saturated rings. The van der Waals surface area contributed by atoms with Crippen molar-refractivity contribution in [1.29, 1.82) is 0 Å². The molecule has 23 heteroatoms. The molecule has 12 rings (SSSR count). The van der Waals surface area contributed by atoms with Gasteiger partial charge in [-0.2, -0.15) is 4.39 Å². The molecule has 0 radical (unpaired) electrons. The second-order valence-electron chi connectivity index (χ2n) is 29.1. The Morgan fingerprint density at radius 1 is 0.328 bits per heavy atom. The predicted octanol–water partition coefficient (Wildman–Crippen LogP) is 23.0. The van der Waals surface area contributed by atoms with E-state index in [-0.39, 0.29) is 75.9 Å². The Bertz CT molecular complexity index is 5270. The number of rotatable bonds is 33. The van der Waals surface area contributed by atoms with Crippen LogP contribution in [0.25, 0.3) is 44.5 Å². The van der Waals surface area contributed by atoms with Gasteiger partial charge in [0.15, 0.2) is 23.1 Å². The molecule has 4 heterocycles. The number of pyridine rings is 4. The summed E-state index contributed by atoms with van der Waals surface area (Å²) in [6.45, 7) is 17.9. The Balaban J connectivity index is 0.000000189. The van der Waals surface area contributed by atoms with Gasteiger partial charge in [-0.25, -0.2) is 32.5 Å². The van der Waals surface area contributed by atoms with Gasteiger partial charge in [-0.1, -0.05) is 185 Å². The first kappa shape index (κ1) is 95.5. The van der Waals surface area contributed by atoms with Crippen LogP contribution in [0, 0.1) is 36.1 Å². The number of halogens is 6. The van der Waals surface area contributed by atoms with E-state index in [0.29, 0.717) is 152 Å². The number of ketones is 4. The van der Waals surface area contributed by atoms with Crippen molar-refractivity contribution in [1.82, 2.24) is 19.9 Å². The Morgan fingerprint density at radius 2 is 0.616 bits per heavy atom. The zero-order valence-electron chi connectivity index (χ0n) is 71.9. The van der Waals surface area contributed by atoms with Crippen LogP contribution in [-0.2, 0) is 44.9 Å². The first-order valence-corrected chi connectivity index (χ1v) is 42.2. The number of Topliss-reactive ketones (excluding diaryl/α,β-unsaturated/α-hetero) is 4. The van der Waals surface area contributed by atoms with Gasteiger partial charge in [-0.05, 0) is 194 Å². The van der Waals surface area contributed by atoms with Crippen LogP contribution in [0.5, 0.6) is 5.88 Å². The maximum atomic E-state index is 14.7. The van der Waals surface area contributed by atoms with E-state index in [1.807, 2.05) is 77.1 Å². The van der Waals surface area contributed by atoms with Crippen molar-refractivity contribution in [3.63, 3.8) is 0 Å². The molecule has 0 aliphatic rings. The fourth-order valence-electron chi connectivity index (χ4n) is 13.9. The molecule has 125 heavy (non-hydrogen) atoms. The smallest absolute Gasteiger partial charge is 0.226 e. The number of carbonyl (C=O) groups is 8. The Hall–Kier alpha value is -13.3. The Labute approximate surface area is 732 Å². The summed E-state index contributed by atoms with van der Waals surface area (Å²) in [5, 5.41) is 0.425. The normalized spacial score (nSPS) is 10.7. The van der Waals surface area contributed by atoms with Crippen LogP contribution in [0.1, 0.15) is 176 Å². The molecule has 17 nitrogen and oxygen atoms in total. The monoisotopic (exact) mass is 1710 g/mol. The lowest BCUT2D eigenvalue weighted by atomic mass is 9.99. The largest absolute Gasteiger partial charge is 0.481 e. The lowest BCUT2D eigenvalue weighted by molar-refractivity contribution is -0.119. The van der Waals surface area contributed by atoms with Crippen LogP contribution in [-0.4, -0.2) is 100.0 Å². The number of amides is 4. The molecule has 646 valence electrons. The topological polar surface area (TPSA) is 210 Å². The van der Waals surface area contributed by atoms with Crippen molar-refractivity contribution < 1.29 is 65.0 Å². The van der Waals surface area contributed by atoms with Gasteiger partial charge >= 0.3 is 0 Å². The van der Waals surface area contributed by atoms with E-state index in [9.17, 15) is 60.3 Å². The molecule has 4 aromatic heterocycles. The van der Waals surface area contributed by atoms with E-state index < -0.39 is 29.2 Å². The van der Waals surface area contributed by atoms with Crippen molar-refractivity contribution in [2.24, 2.45) is 0 Å². The molecule has 12 aromatic rings. The number of carbonyl (C=O) groups excluding carboxylic acids is 8. The molecule has 0 atom stereocenters. The van der Waals surface area contributed by atoms with Crippen LogP contribution in [0.2, 0.25) is 5.15 Å². The average Bonchev–Trinajstić information content (AvgIpc) is 0.824. The second kappa shape index (κ2) is 47.3. The third-order valence-electron chi connectivity index (χ3n) is 20.9. The molecule has 0 bridgehead atoms. The van der Waals surface area contributed by atoms with Gasteiger partial charge in [0.05, 0.1) is 29.9 Å². The average molecular weight is 1710 g/mol. The van der Waals surface area contributed by atoms with Gasteiger partial charge in [0, 0.05) is 136 Å². The minimum atomic E-state index is -0.547. The standard InChI is InChI=1S/C26H27FN2O3.C26H27FN2O2.C25H24ClFN2O2.C25H24F2N2O2/c1-4-25(31)29(5-2)23-14-12-21(17-22(23)27)18-8-10-19(11-9-18)24(30)15-13-20-7-6-16-28-26(20)32-3;1-4-26(31)29(5-2)24-14-13-22(16-23(24)27)20-9-11-21(12-10-20)25(30)15-8-19-7-6-18(3)28-17-19;1-3-25(31)29(4-2)22-12-11-20(15-21(22)27)18-7-9-19(10-8-18)23(30)13-5-17-6-14-24(26)28-16-17;1-3-25(31)29(4-2)22-12-11-20(15-21(22)26)18-7-9-19(10-8-18)23(30)13-5-17-6-14-24(27)28-16-17/h6-12,14,16-17H,4-5,13,15H2,1-3H3;6-7,9-14,16-17H,4-5,8,15H2,1-3H3;2*6-12,14-16H,3-5,13H2,1-2H3. The zero-order valence-corrected chi connectivity index (χ0v) is 72.7. The Morgan fingerprint density at radius 3 is 0.872 bits per heavy atom. The molecule has 0 saturated heterocycles. The van der Waals surface area contributed by atoms with Gasteiger partial charge in [-0.15, -0.1) is 0 Å². The number of benzene rings is 8. The fourth-order valence-corrected chi connectivity index (χ4v) is 14.0. The van der Waals surface area contributed by atoms with Gasteiger partial charge < -0.3 is 24.3 Å². The molecule has 0 N–H and O–H groups in total. The summed E-state index contributed by atoms with van der Waals surface area (Å²) in [4.78, 5) is 120. The molecule has 0 spiro atoms. The summed E-state index contributed by atoms with van der Waals surface area (Å²) < 4.78 is 76.9. The molecule has 4 amide bonds. The maximum Gasteiger partial charge on any atom is 0.226 e. The third kappa shape index (κ3) is 26.6. The highest BCUT2D eigenvalue weighted by atomic mass is 35.5. The predicted molar refractivity (Wildman–Crippen MR) is 484 cm³/mol. The number of nitrogens with zero attached hydrogens (tertiary/aromatic N) is 8. The second-order valence-corrected chi connectivity index (χ2v) is 29.5. The molecule has 8 aromatic carbocycles. The van der Waals surface area contributed by atoms with Gasteiger partial charge in [0.2, 0.25) is 35.5 Å². The van der Waals surface area contributed by atoms with E-state index in [0.717, 1.165) is 50.2 Å². The highest BCUT2D eigenvalue weighted by Gasteiger charge is 2.23. The summed E-state index contributed by atoms with van der Waals surface area (Å²) >= 11 is 5.78. The van der Waals surface area contributed by atoms with Crippen molar-refractivity contribution in [2.75, 3.05) is 52.9 Å². The van der Waals surface area contributed by atoms with E-state index in [1.165, 1.54) is 56.1 Å². The summed E-state index contributed by atoms with van der Waals surface area (Å²) in [5.41, 5.74) is 14.0. The number of aryl methyl sites for hydroxylation is 5. The quantitative estimate of drug-likeness (QED) is 0.0213. The highest BCUT2D eigenvalue weighted by Crippen LogP contribution is 2.34. The van der Waals surface area contributed by atoms with Crippen LogP contribution in [0.3, 0.4) is 0 Å². The minimum absolute atomic E-state index is 0.0145. The van der Waals surface area contributed by atoms with E-state index in [1.54, 1.807) is 199 Å². The molecule has 0 aliphatic heterocycles. The first-order valence-electron chi connectivity index (χ1n) is 41.8. The lowest BCUT2D eigenvalue weighted by Crippen LogP contribution is -2.30. The van der Waals surface area contributed by atoms with E-state index >= 15 is 0 Å². The lowest BCUT2D eigenvalue weighted by Gasteiger charge is -2.21. The summed E-state index contributed by atoms with van der Waals surface area (Å²) in [6, 6.07) is 61.8. The van der Waals surface area contributed by atoms with Crippen LogP contribution < -0.4 is 24.3 Å². The molecule has 0 saturated carbocycles. The minimum Gasteiger partial charge on any atom is -0.481 e. The zero-order chi connectivity index (χ0) is 90.2. The summed E-state index contributed by atoms with van der Waals surface area (Å²) in [6.07, 6.45) is 11.5. The molecular formula is C102H102ClF5N8O9. The van der Waals surface area contributed by atoms with Crippen LogP contribution in [0.4, 0.5) is 44.7 Å². The van der Waals surface area contributed by atoms with Crippen molar-refractivity contribution >= 4 is 81.1 Å². The van der Waals surface area contributed by atoms with Crippen molar-refractivity contribution in [3.05, 3.63) is 328 Å². The maximum absolute atomic E-state index is 14.7. The van der Waals surface area contributed by atoms with Crippen molar-refractivity contribution in [2.45, 2.75) is 139 Å². The number of methoxy groups -OCH3 is 1. The molecule has 0 unspecified atom stereocenters. The third-order valence-corrected chi connectivity index (χ3v) is 21.2. The van der Waals surface area contributed by atoms with Gasteiger partial charge in [0.1, 0.15) is 28.4 Å². The van der Waals surface area contributed by atoms with E-state index in [4.69, 9.17) is 16.3 Å². The van der Waals surface area contributed by atoms with Crippen LogP contribution >= 0.6 is 11.6 Å². The van der Waals surface area contributed by atoms with Crippen molar-refractivity contribution in [3.8, 4) is 50.4 Å². The number of hydrogen-bond acceptors (Lipinski definition) is 13. The first-order chi connectivity index (χ1) is 60.2. The van der Waals surface area contributed by atoms with Gasteiger partial charge in [0.25, 0.3) is 0 Å². The van der Waals surface area contributed by atoms with E-state index in [2.05, 4.69) is 19.9 Å². The highest BCUT2D eigenvalue weighted by molar-refractivity contribution is 6.29. The Kier molecular flexibility index (Phi) is 36.2. The summed E-state index contributed by atoms with van der Waals surface area (Å²) in [5.74, 6) is -2.22. The number of aromatic nitrogens is 4. The fraction of sp³-hybridized carbons (Fsp3) is 0.255. The molecule has 0 aliphatic carbocycles. The number of ether oxygens (including phenoxy) is 1. The SMILES string of the molecule is CCC(=O)N(CC)c1ccc(-c2ccc(C(=O)CCc3ccc(C)nc3)cc2)cc1F.CCC(=O)N(CC)c1ccc(-c2ccc(C(=O)CCc3ccc(Cl)nc3)cc2)cc1F.CCC(=O)N(CC)c1ccc(-c2ccc(C(=O)CCc3ccc(F)nc3)cc2)cc1F.CCC(=O)N(CC)c1ccc(-c2ccc(C(=O)CCc3cccnc3OC)cc2)cc1F. The van der Waals surface area contributed by atoms with Gasteiger partial charge in [-0.3, -0.25) is 43.3 Å². The summed E-state index contributed by atoms with van der Waals surface area (Å²) in [7, 11) is 1.56.